The van der Waals surface area contributed by atoms with Gasteiger partial charge in [0.25, 0.3) is 0 Å². The minimum absolute atomic E-state index is 0.0868. The minimum atomic E-state index is -0.198. The Morgan fingerprint density at radius 2 is 1.52 bits per heavy atom. The predicted molar refractivity (Wildman–Crippen MR) is 103 cm³/mol. The van der Waals surface area contributed by atoms with Crippen molar-refractivity contribution in [1.29, 1.82) is 0 Å². The zero-order chi connectivity index (χ0) is 18.7. The molecule has 4 atom stereocenters. The van der Waals surface area contributed by atoms with E-state index in [1.54, 1.807) is 42.5 Å². The fourth-order valence-corrected chi connectivity index (χ4v) is 4.95. The molecule has 0 N–H and O–H groups in total. The van der Waals surface area contributed by atoms with Crippen LogP contribution in [-0.2, 0) is 9.59 Å². The molecule has 6 heteroatoms. The Bertz CT molecular complexity index is 955. The summed E-state index contributed by atoms with van der Waals surface area (Å²) in [6.07, 6.45) is 5.11. The Kier molecular flexibility index (Phi) is 3.81. The molecule has 3 aliphatic rings. The first-order valence-corrected chi connectivity index (χ1v) is 9.57. The molecule has 2 bridgehead atoms. The van der Waals surface area contributed by atoms with E-state index in [9.17, 15) is 9.59 Å². The second-order valence-electron chi connectivity index (χ2n) is 7.18. The third-order valence-electron chi connectivity index (χ3n) is 5.69. The lowest BCUT2D eigenvalue weighted by atomic mass is 9.85. The molecule has 1 saturated heterocycles. The van der Waals surface area contributed by atoms with Crippen molar-refractivity contribution in [3.8, 4) is 11.5 Å². The molecule has 1 heterocycles. The van der Waals surface area contributed by atoms with E-state index in [1.807, 2.05) is 0 Å². The molecule has 1 saturated carbocycles. The Hall–Kier alpha value is -2.30. The predicted octanol–water partition coefficient (Wildman–Crippen LogP) is 5.10. The molecule has 2 fully saturated rings. The molecule has 2 amide bonds. The number of imide groups is 1. The molecule has 0 unspecified atom stereocenters. The third-order valence-corrected chi connectivity index (χ3v) is 6.22. The van der Waals surface area contributed by atoms with Crippen LogP contribution >= 0.6 is 23.2 Å². The number of allylic oxidation sites excluding steroid dienone is 2. The number of anilines is 1. The fourth-order valence-electron chi connectivity index (χ4n) is 4.51. The van der Waals surface area contributed by atoms with Gasteiger partial charge in [-0.3, -0.25) is 14.5 Å². The molecular weight excluding hydrogens is 385 g/mol. The summed E-state index contributed by atoms with van der Waals surface area (Å²) in [5.74, 6) is 0.885. The number of benzene rings is 2. The first kappa shape index (κ1) is 16.8. The number of rotatable bonds is 3. The summed E-state index contributed by atoms with van der Waals surface area (Å²) in [6.45, 7) is 0. The van der Waals surface area contributed by atoms with Crippen LogP contribution in [-0.4, -0.2) is 11.8 Å². The molecule has 4 nitrogen and oxygen atoms in total. The summed E-state index contributed by atoms with van der Waals surface area (Å²) < 4.78 is 5.77. The highest BCUT2D eigenvalue weighted by Crippen LogP contribution is 2.53. The Morgan fingerprint density at radius 3 is 2.11 bits per heavy atom. The number of nitrogens with zero attached hydrogens (tertiary/aromatic N) is 1. The van der Waals surface area contributed by atoms with Crippen LogP contribution < -0.4 is 9.64 Å². The lowest BCUT2D eigenvalue weighted by molar-refractivity contribution is -0.123. The van der Waals surface area contributed by atoms with E-state index < -0.39 is 0 Å². The zero-order valence-corrected chi connectivity index (χ0v) is 15.7. The highest BCUT2D eigenvalue weighted by molar-refractivity contribution is 6.35. The second-order valence-corrected chi connectivity index (χ2v) is 8.03. The molecule has 0 aromatic heterocycles. The Balaban J connectivity index is 1.38. The van der Waals surface area contributed by atoms with Crippen LogP contribution in [0, 0.1) is 23.7 Å². The maximum absolute atomic E-state index is 12.9. The fraction of sp³-hybridized carbons (Fsp3) is 0.238. The van der Waals surface area contributed by atoms with E-state index in [0.29, 0.717) is 27.2 Å². The quantitative estimate of drug-likeness (QED) is 0.532. The van der Waals surface area contributed by atoms with Crippen LogP contribution in [0.5, 0.6) is 11.5 Å². The van der Waals surface area contributed by atoms with Gasteiger partial charge in [-0.15, -0.1) is 0 Å². The third kappa shape index (κ3) is 2.59. The Morgan fingerprint density at radius 1 is 0.889 bits per heavy atom. The molecule has 0 spiro atoms. The van der Waals surface area contributed by atoms with Crippen molar-refractivity contribution in [3.63, 3.8) is 0 Å². The van der Waals surface area contributed by atoms with E-state index in [0.717, 1.165) is 6.42 Å². The molecule has 5 rings (SSSR count). The first-order chi connectivity index (χ1) is 13.0. The second kappa shape index (κ2) is 6.11. The topological polar surface area (TPSA) is 46.6 Å². The normalized spacial score (nSPS) is 28.1. The van der Waals surface area contributed by atoms with Crippen LogP contribution in [0.2, 0.25) is 10.0 Å². The standard InChI is InChI=1S/C21H15Cl2NO3/c22-13-3-8-17(16(23)10-13)27-15-6-4-14(5-7-15)24-20(25)18-11-1-2-12(9-11)19(18)21(24)26/h1-8,10-12,18-19H,9H2/t11-,12-,18-,19-/m0/s1. The monoisotopic (exact) mass is 399 g/mol. The largest absolute Gasteiger partial charge is 0.456 e. The lowest BCUT2D eigenvalue weighted by Crippen LogP contribution is -2.32. The molecule has 0 radical (unpaired) electrons. The number of fused-ring (bicyclic) bond motifs is 5. The molecule has 2 aliphatic carbocycles. The number of hydrogen-bond acceptors (Lipinski definition) is 3. The van der Waals surface area contributed by atoms with Crippen molar-refractivity contribution >= 4 is 40.7 Å². The van der Waals surface area contributed by atoms with E-state index >= 15 is 0 Å². The summed E-state index contributed by atoms with van der Waals surface area (Å²) in [5, 5.41) is 0.940. The number of carbonyl (C=O) groups excluding carboxylic acids is 2. The Labute approximate surface area is 166 Å². The number of ether oxygens (including phenoxy) is 1. The maximum Gasteiger partial charge on any atom is 0.238 e. The van der Waals surface area contributed by atoms with Crippen LogP contribution in [0.25, 0.3) is 0 Å². The maximum atomic E-state index is 12.9. The first-order valence-electron chi connectivity index (χ1n) is 8.82. The molecule has 136 valence electrons. The van der Waals surface area contributed by atoms with Gasteiger partial charge in [0.05, 0.1) is 22.5 Å². The number of carbonyl (C=O) groups is 2. The summed E-state index contributed by atoms with van der Waals surface area (Å²) in [6, 6.07) is 11.9. The van der Waals surface area contributed by atoms with Crippen LogP contribution in [0.15, 0.2) is 54.6 Å². The molecular formula is C21H15Cl2NO3. The van der Waals surface area contributed by atoms with Gasteiger partial charge in [-0.1, -0.05) is 35.4 Å². The van der Waals surface area contributed by atoms with Crippen molar-refractivity contribution in [1.82, 2.24) is 0 Å². The van der Waals surface area contributed by atoms with Gasteiger partial charge in [0, 0.05) is 5.02 Å². The summed E-state index contributed by atoms with van der Waals surface area (Å²) in [7, 11) is 0. The molecule has 2 aromatic carbocycles. The zero-order valence-electron chi connectivity index (χ0n) is 14.1. The van der Waals surface area contributed by atoms with E-state index in [2.05, 4.69) is 12.2 Å². The number of amides is 2. The van der Waals surface area contributed by atoms with Crippen molar-refractivity contribution in [3.05, 3.63) is 64.7 Å². The van der Waals surface area contributed by atoms with Crippen molar-refractivity contribution in [2.45, 2.75) is 6.42 Å². The lowest BCUT2D eigenvalue weighted by Gasteiger charge is -2.17. The summed E-state index contributed by atoms with van der Waals surface area (Å²) >= 11 is 12.0. The summed E-state index contributed by atoms with van der Waals surface area (Å²) in [4.78, 5) is 27.0. The van der Waals surface area contributed by atoms with Gasteiger partial charge < -0.3 is 4.74 Å². The van der Waals surface area contributed by atoms with E-state index in [4.69, 9.17) is 27.9 Å². The highest BCUT2D eigenvalue weighted by atomic mass is 35.5. The smallest absolute Gasteiger partial charge is 0.238 e. The van der Waals surface area contributed by atoms with Gasteiger partial charge in [0.1, 0.15) is 11.5 Å². The van der Waals surface area contributed by atoms with Gasteiger partial charge in [-0.2, -0.15) is 0 Å². The van der Waals surface area contributed by atoms with Gasteiger partial charge in [0.2, 0.25) is 11.8 Å². The molecule has 2 aromatic rings. The van der Waals surface area contributed by atoms with Gasteiger partial charge in [-0.25, -0.2) is 0 Å². The van der Waals surface area contributed by atoms with Crippen molar-refractivity contribution in [2.75, 3.05) is 4.90 Å². The van der Waals surface area contributed by atoms with Gasteiger partial charge in [0.15, 0.2) is 0 Å². The molecule has 1 aliphatic heterocycles. The number of halogens is 2. The SMILES string of the molecule is O=C1[C@@H]2[C@@H](C(=O)N1c1ccc(Oc3ccc(Cl)cc3Cl)cc1)[C@H]1C=C[C@H]2C1. The average molecular weight is 400 g/mol. The van der Waals surface area contributed by atoms with E-state index in [-0.39, 0.29) is 35.5 Å². The van der Waals surface area contributed by atoms with Crippen molar-refractivity contribution in [2.24, 2.45) is 23.7 Å². The van der Waals surface area contributed by atoms with Gasteiger partial charge >= 0.3 is 0 Å². The van der Waals surface area contributed by atoms with Crippen LogP contribution in [0.1, 0.15) is 6.42 Å². The average Bonchev–Trinajstić information content (AvgIpc) is 3.32. The van der Waals surface area contributed by atoms with E-state index in [1.165, 1.54) is 4.90 Å². The van der Waals surface area contributed by atoms with Gasteiger partial charge in [-0.05, 0) is 60.7 Å². The summed E-state index contributed by atoms with van der Waals surface area (Å²) in [5.41, 5.74) is 0.577. The van der Waals surface area contributed by atoms with Crippen LogP contribution in [0.4, 0.5) is 5.69 Å². The number of hydrogen-bond donors (Lipinski definition) is 0. The molecule has 27 heavy (non-hydrogen) atoms. The van der Waals surface area contributed by atoms with Crippen LogP contribution in [0.3, 0.4) is 0 Å². The highest BCUT2D eigenvalue weighted by Gasteiger charge is 2.59. The van der Waals surface area contributed by atoms with Crippen molar-refractivity contribution < 1.29 is 14.3 Å². The minimum Gasteiger partial charge on any atom is -0.456 e.